The van der Waals surface area contributed by atoms with Crippen molar-refractivity contribution in [2.75, 3.05) is 18.6 Å². The third-order valence-electron chi connectivity index (χ3n) is 3.86. The van der Waals surface area contributed by atoms with Crippen molar-refractivity contribution in [2.24, 2.45) is 5.41 Å². The highest BCUT2D eigenvalue weighted by Gasteiger charge is 2.27. The first-order valence-electron chi connectivity index (χ1n) is 7.13. The number of urea groups is 1. The number of amides is 2. The summed E-state index contributed by atoms with van der Waals surface area (Å²) >= 11 is 1.68. The molecule has 1 aliphatic rings. The molecule has 0 aliphatic heterocycles. The topological polar surface area (TPSA) is 61.4 Å². The number of thioether (sulfide) groups is 1. The fourth-order valence-electron chi connectivity index (χ4n) is 2.51. The van der Waals surface area contributed by atoms with Crippen molar-refractivity contribution in [3.8, 4) is 0 Å². The summed E-state index contributed by atoms with van der Waals surface area (Å²) < 4.78 is 0. The van der Waals surface area contributed by atoms with Gasteiger partial charge in [-0.25, -0.2) is 4.79 Å². The monoisotopic (exact) mass is 288 g/mol. The van der Waals surface area contributed by atoms with Crippen LogP contribution in [-0.2, 0) is 0 Å². The van der Waals surface area contributed by atoms with Crippen molar-refractivity contribution in [3.05, 3.63) is 0 Å². The van der Waals surface area contributed by atoms with E-state index in [4.69, 9.17) is 5.11 Å². The van der Waals surface area contributed by atoms with E-state index in [-0.39, 0.29) is 18.7 Å². The number of hydrogen-bond donors (Lipinski definition) is 3. The predicted octanol–water partition coefficient (Wildman–Crippen LogP) is 2.37. The van der Waals surface area contributed by atoms with Gasteiger partial charge in [0.1, 0.15) is 0 Å². The molecule has 2 amide bonds. The number of rotatable bonds is 6. The molecule has 0 aromatic carbocycles. The van der Waals surface area contributed by atoms with Crippen LogP contribution in [0.2, 0.25) is 0 Å². The Balaban J connectivity index is 2.30. The summed E-state index contributed by atoms with van der Waals surface area (Å²) in [7, 11) is 0. The van der Waals surface area contributed by atoms with Gasteiger partial charge in [0.05, 0.1) is 0 Å². The summed E-state index contributed by atoms with van der Waals surface area (Å²) in [5.41, 5.74) is 0.424. The van der Waals surface area contributed by atoms with Crippen LogP contribution in [0.4, 0.5) is 4.79 Å². The van der Waals surface area contributed by atoms with Gasteiger partial charge in [-0.2, -0.15) is 11.8 Å². The Bertz CT molecular complexity index is 269. The lowest BCUT2D eigenvalue weighted by molar-refractivity contribution is 0.195. The van der Waals surface area contributed by atoms with E-state index < -0.39 is 0 Å². The van der Waals surface area contributed by atoms with Gasteiger partial charge in [-0.15, -0.1) is 0 Å². The minimum absolute atomic E-state index is 0.0556. The van der Waals surface area contributed by atoms with Crippen LogP contribution in [0, 0.1) is 5.41 Å². The molecule has 1 aliphatic carbocycles. The highest BCUT2D eigenvalue weighted by atomic mass is 32.2. The van der Waals surface area contributed by atoms with E-state index in [1.54, 1.807) is 11.8 Å². The fraction of sp³-hybridized carbons (Fsp3) is 0.929. The van der Waals surface area contributed by atoms with Gasteiger partial charge in [-0.3, -0.25) is 0 Å². The van der Waals surface area contributed by atoms with E-state index in [1.807, 2.05) is 6.26 Å². The second kappa shape index (κ2) is 8.00. The third kappa shape index (κ3) is 6.52. The van der Waals surface area contributed by atoms with Crippen molar-refractivity contribution >= 4 is 17.8 Å². The lowest BCUT2D eigenvalue weighted by atomic mass is 9.76. The van der Waals surface area contributed by atoms with Gasteiger partial charge in [0.15, 0.2) is 0 Å². The molecule has 1 rings (SSSR count). The largest absolute Gasteiger partial charge is 0.396 e. The lowest BCUT2D eigenvalue weighted by Gasteiger charge is -2.34. The van der Waals surface area contributed by atoms with Gasteiger partial charge < -0.3 is 15.7 Å². The molecule has 1 atom stereocenters. The Morgan fingerprint density at radius 2 is 2.05 bits per heavy atom. The first kappa shape index (κ1) is 16.6. The SMILES string of the molecule is CSCC(CCO)NC(=O)NC1CCC(C)(C)CC1. The van der Waals surface area contributed by atoms with Gasteiger partial charge in [0.25, 0.3) is 0 Å². The molecule has 1 fully saturated rings. The molecule has 1 unspecified atom stereocenters. The zero-order valence-electron chi connectivity index (χ0n) is 12.4. The summed E-state index contributed by atoms with van der Waals surface area (Å²) in [6.07, 6.45) is 7.09. The molecule has 0 saturated heterocycles. The molecular weight excluding hydrogens is 260 g/mol. The maximum Gasteiger partial charge on any atom is 0.315 e. The normalized spacial score (nSPS) is 20.8. The van der Waals surface area contributed by atoms with Crippen molar-refractivity contribution in [1.29, 1.82) is 0 Å². The molecule has 19 heavy (non-hydrogen) atoms. The van der Waals surface area contributed by atoms with Gasteiger partial charge in [0, 0.05) is 24.4 Å². The average Bonchev–Trinajstić information content (AvgIpc) is 2.32. The number of hydrogen-bond acceptors (Lipinski definition) is 3. The Kier molecular flexibility index (Phi) is 7.00. The fourth-order valence-corrected chi connectivity index (χ4v) is 3.16. The highest BCUT2D eigenvalue weighted by molar-refractivity contribution is 7.98. The number of carbonyl (C=O) groups excluding carboxylic acids is 1. The van der Waals surface area contributed by atoms with Crippen LogP contribution in [0.25, 0.3) is 0 Å². The van der Waals surface area contributed by atoms with Gasteiger partial charge >= 0.3 is 6.03 Å². The summed E-state index contributed by atoms with van der Waals surface area (Å²) in [5, 5.41) is 15.0. The number of nitrogens with one attached hydrogen (secondary N) is 2. The predicted molar refractivity (Wildman–Crippen MR) is 81.6 cm³/mol. The van der Waals surface area contributed by atoms with Crippen LogP contribution in [0.1, 0.15) is 46.0 Å². The zero-order valence-corrected chi connectivity index (χ0v) is 13.2. The van der Waals surface area contributed by atoms with Gasteiger partial charge in [-0.1, -0.05) is 13.8 Å². The Labute approximate surface area is 121 Å². The van der Waals surface area contributed by atoms with E-state index in [0.717, 1.165) is 18.6 Å². The molecule has 0 aromatic heterocycles. The molecule has 0 spiro atoms. The number of aliphatic hydroxyl groups is 1. The molecule has 0 aromatic rings. The second-order valence-corrected chi connectivity index (χ2v) is 7.13. The van der Waals surface area contributed by atoms with E-state index in [2.05, 4.69) is 24.5 Å². The first-order chi connectivity index (χ1) is 8.96. The molecule has 0 bridgehead atoms. The summed E-state index contributed by atoms with van der Waals surface area (Å²) in [6, 6.07) is 0.273. The van der Waals surface area contributed by atoms with E-state index in [1.165, 1.54) is 12.8 Å². The third-order valence-corrected chi connectivity index (χ3v) is 4.59. The minimum Gasteiger partial charge on any atom is -0.396 e. The van der Waals surface area contributed by atoms with Crippen LogP contribution in [-0.4, -0.2) is 41.8 Å². The first-order valence-corrected chi connectivity index (χ1v) is 8.53. The van der Waals surface area contributed by atoms with Crippen LogP contribution >= 0.6 is 11.8 Å². The molecule has 1 saturated carbocycles. The molecule has 112 valence electrons. The van der Waals surface area contributed by atoms with Crippen molar-refractivity contribution in [3.63, 3.8) is 0 Å². The standard InChI is InChI=1S/C14H28N2O2S/c1-14(2)7-4-11(5-8-14)15-13(18)16-12(6-9-17)10-19-3/h11-12,17H,4-10H2,1-3H3,(H2,15,16,18). The van der Waals surface area contributed by atoms with E-state index >= 15 is 0 Å². The van der Waals surface area contributed by atoms with Crippen molar-refractivity contribution in [1.82, 2.24) is 10.6 Å². The molecule has 4 nitrogen and oxygen atoms in total. The number of aliphatic hydroxyl groups excluding tert-OH is 1. The smallest absolute Gasteiger partial charge is 0.315 e. The Morgan fingerprint density at radius 1 is 1.42 bits per heavy atom. The summed E-state index contributed by atoms with van der Waals surface area (Å²) in [6.45, 7) is 4.70. The average molecular weight is 288 g/mol. The molecule has 0 radical (unpaired) electrons. The Hall–Kier alpha value is -0.420. The lowest BCUT2D eigenvalue weighted by Crippen LogP contribution is -2.48. The molecule has 3 N–H and O–H groups in total. The number of carbonyl (C=O) groups is 1. The summed E-state index contributed by atoms with van der Waals surface area (Å²) in [4.78, 5) is 11.9. The molecule has 5 heteroatoms. The maximum absolute atomic E-state index is 11.9. The zero-order chi connectivity index (χ0) is 14.3. The highest BCUT2D eigenvalue weighted by Crippen LogP contribution is 2.34. The van der Waals surface area contributed by atoms with Crippen LogP contribution < -0.4 is 10.6 Å². The molecular formula is C14H28N2O2S. The second-order valence-electron chi connectivity index (χ2n) is 6.22. The molecule has 0 heterocycles. The van der Waals surface area contributed by atoms with Crippen molar-refractivity contribution in [2.45, 2.75) is 58.0 Å². The quantitative estimate of drug-likeness (QED) is 0.703. The van der Waals surface area contributed by atoms with E-state index in [0.29, 0.717) is 17.9 Å². The van der Waals surface area contributed by atoms with Gasteiger partial charge in [-0.05, 0) is 43.8 Å². The van der Waals surface area contributed by atoms with Crippen LogP contribution in [0.5, 0.6) is 0 Å². The Morgan fingerprint density at radius 3 is 2.58 bits per heavy atom. The minimum atomic E-state index is -0.0859. The van der Waals surface area contributed by atoms with Gasteiger partial charge in [0.2, 0.25) is 0 Å². The van der Waals surface area contributed by atoms with Crippen molar-refractivity contribution < 1.29 is 9.90 Å². The van der Waals surface area contributed by atoms with Crippen LogP contribution in [0.15, 0.2) is 0 Å². The van der Waals surface area contributed by atoms with Crippen LogP contribution in [0.3, 0.4) is 0 Å². The maximum atomic E-state index is 11.9. The summed E-state index contributed by atoms with van der Waals surface area (Å²) in [5.74, 6) is 0.839. The van der Waals surface area contributed by atoms with E-state index in [9.17, 15) is 4.79 Å².